The summed E-state index contributed by atoms with van der Waals surface area (Å²) in [6.07, 6.45) is -0.653. The van der Waals surface area contributed by atoms with Gasteiger partial charge in [-0.05, 0) is 53.0 Å². The van der Waals surface area contributed by atoms with Gasteiger partial charge in [0.2, 0.25) is 5.91 Å². The predicted molar refractivity (Wildman–Crippen MR) is 121 cm³/mol. The molecule has 9 nitrogen and oxygen atoms in total. The highest BCUT2D eigenvalue weighted by Crippen LogP contribution is 2.12. The van der Waals surface area contributed by atoms with Crippen LogP contribution in [0.5, 0.6) is 0 Å². The van der Waals surface area contributed by atoms with Crippen LogP contribution in [0.4, 0.5) is 4.79 Å². The lowest BCUT2D eigenvalue weighted by molar-refractivity contribution is -0.157. The van der Waals surface area contributed by atoms with E-state index in [0.717, 1.165) is 5.56 Å². The molecule has 0 saturated heterocycles. The Balaban J connectivity index is 2.71. The molecule has 2 atom stereocenters. The molecule has 0 aromatic heterocycles. The summed E-state index contributed by atoms with van der Waals surface area (Å²) < 4.78 is 10.5. The van der Waals surface area contributed by atoms with Crippen molar-refractivity contribution < 1.29 is 33.4 Å². The van der Waals surface area contributed by atoms with Crippen molar-refractivity contribution in [1.82, 2.24) is 10.6 Å². The Hall–Kier alpha value is -3.23. The van der Waals surface area contributed by atoms with Crippen LogP contribution in [0.1, 0.15) is 65.9 Å². The summed E-state index contributed by atoms with van der Waals surface area (Å²) >= 11 is 0. The average molecular weight is 463 g/mol. The fourth-order valence-corrected chi connectivity index (χ4v) is 2.80. The van der Waals surface area contributed by atoms with Gasteiger partial charge in [0.05, 0.1) is 6.04 Å². The molecule has 0 spiro atoms. The zero-order valence-corrected chi connectivity index (χ0v) is 19.9. The van der Waals surface area contributed by atoms with Crippen molar-refractivity contribution in [3.05, 3.63) is 35.9 Å². The number of ether oxygens (including phenoxy) is 2. The quantitative estimate of drug-likeness (QED) is 0.457. The molecule has 1 aromatic carbocycles. The van der Waals surface area contributed by atoms with Crippen molar-refractivity contribution in [3.8, 4) is 0 Å². The number of carbonyl (C=O) groups is 5. The lowest BCUT2D eigenvalue weighted by Gasteiger charge is -2.24. The van der Waals surface area contributed by atoms with Crippen LogP contribution >= 0.6 is 0 Å². The maximum Gasteiger partial charge on any atom is 0.408 e. The second-order valence-electron chi connectivity index (χ2n) is 8.80. The van der Waals surface area contributed by atoms with Gasteiger partial charge in [-0.15, -0.1) is 0 Å². The molecule has 0 aliphatic carbocycles. The fourth-order valence-electron chi connectivity index (χ4n) is 2.80. The second kappa shape index (κ2) is 13.3. The van der Waals surface area contributed by atoms with E-state index in [9.17, 15) is 24.0 Å². The number of carbonyl (C=O) groups excluding carboxylic acids is 5. The number of amides is 2. The summed E-state index contributed by atoms with van der Waals surface area (Å²) in [6, 6.07) is 7.13. The van der Waals surface area contributed by atoms with E-state index < -0.39 is 35.7 Å². The van der Waals surface area contributed by atoms with Gasteiger partial charge in [-0.25, -0.2) is 9.59 Å². The number of rotatable bonds is 12. The molecule has 33 heavy (non-hydrogen) atoms. The Morgan fingerprint density at radius 1 is 0.879 bits per heavy atom. The summed E-state index contributed by atoms with van der Waals surface area (Å²) in [7, 11) is 0. The van der Waals surface area contributed by atoms with Crippen LogP contribution in [0.2, 0.25) is 0 Å². The first-order chi connectivity index (χ1) is 15.4. The van der Waals surface area contributed by atoms with Crippen molar-refractivity contribution in [2.24, 2.45) is 0 Å². The summed E-state index contributed by atoms with van der Waals surface area (Å²) in [5, 5.41) is 5.03. The number of hydrogen-bond acceptors (Lipinski definition) is 7. The molecule has 2 N–H and O–H groups in total. The fraction of sp³-hybridized carbons (Fsp3) is 0.542. The maximum absolute atomic E-state index is 12.6. The Morgan fingerprint density at radius 2 is 1.48 bits per heavy atom. The van der Waals surface area contributed by atoms with Crippen LogP contribution in [0.3, 0.4) is 0 Å². The zero-order valence-electron chi connectivity index (χ0n) is 19.9. The van der Waals surface area contributed by atoms with Gasteiger partial charge in [0.25, 0.3) is 0 Å². The standard InChI is InChI=1S/C24H34N2O7/c1-16(27)11-12-19(17(2)28)25-21(29)14-13-20(22(30)33-24(3,4)5)26-23(31)32-15-18-9-7-6-8-10-18/h6-10,19-20H,11-15H2,1-5H3,(H,25,29)(H,26,31)/t19-,20-/m0/s1. The summed E-state index contributed by atoms with van der Waals surface area (Å²) in [5.74, 6) is -1.53. The van der Waals surface area contributed by atoms with Gasteiger partial charge in [-0.3, -0.25) is 9.59 Å². The molecule has 0 radical (unpaired) electrons. The van der Waals surface area contributed by atoms with Gasteiger partial charge >= 0.3 is 12.1 Å². The molecule has 1 rings (SSSR count). The molecular weight excluding hydrogens is 428 g/mol. The van der Waals surface area contributed by atoms with Crippen molar-refractivity contribution in [1.29, 1.82) is 0 Å². The molecule has 0 unspecified atom stereocenters. The van der Waals surface area contributed by atoms with E-state index in [1.807, 2.05) is 18.2 Å². The van der Waals surface area contributed by atoms with E-state index in [0.29, 0.717) is 0 Å². The topological polar surface area (TPSA) is 128 Å². The smallest absolute Gasteiger partial charge is 0.408 e. The van der Waals surface area contributed by atoms with Gasteiger partial charge in [-0.2, -0.15) is 0 Å². The van der Waals surface area contributed by atoms with E-state index in [2.05, 4.69) is 10.6 Å². The highest BCUT2D eigenvalue weighted by Gasteiger charge is 2.28. The van der Waals surface area contributed by atoms with Crippen LogP contribution < -0.4 is 10.6 Å². The minimum atomic E-state index is -1.12. The molecule has 1 aromatic rings. The van der Waals surface area contributed by atoms with Gasteiger partial charge < -0.3 is 24.9 Å². The van der Waals surface area contributed by atoms with E-state index >= 15 is 0 Å². The first-order valence-electron chi connectivity index (χ1n) is 10.9. The first kappa shape index (κ1) is 27.8. The lowest BCUT2D eigenvalue weighted by Crippen LogP contribution is -2.46. The maximum atomic E-state index is 12.6. The van der Waals surface area contributed by atoms with Crippen molar-refractivity contribution in [3.63, 3.8) is 0 Å². The van der Waals surface area contributed by atoms with E-state index in [4.69, 9.17) is 9.47 Å². The summed E-state index contributed by atoms with van der Waals surface area (Å²) in [4.78, 5) is 60.1. The number of esters is 1. The molecule has 0 aliphatic rings. The molecular formula is C24H34N2O7. The monoisotopic (exact) mass is 462 g/mol. The van der Waals surface area contributed by atoms with E-state index in [-0.39, 0.29) is 43.9 Å². The molecule has 2 amide bonds. The molecule has 0 aliphatic heterocycles. The summed E-state index contributed by atoms with van der Waals surface area (Å²) in [6.45, 7) is 7.83. The second-order valence-corrected chi connectivity index (χ2v) is 8.80. The molecule has 0 fully saturated rings. The SMILES string of the molecule is CC(=O)CC[C@H](NC(=O)CC[C@H](NC(=O)OCc1ccccc1)C(=O)OC(C)(C)C)C(C)=O. The predicted octanol–water partition coefficient (Wildman–Crippen LogP) is 2.85. The third kappa shape index (κ3) is 12.4. The minimum Gasteiger partial charge on any atom is -0.458 e. The largest absolute Gasteiger partial charge is 0.458 e. The van der Waals surface area contributed by atoms with Crippen LogP contribution in [-0.4, -0.2) is 47.2 Å². The van der Waals surface area contributed by atoms with Crippen LogP contribution in [0.15, 0.2) is 30.3 Å². The third-order valence-corrected chi connectivity index (χ3v) is 4.47. The Kier molecular flexibility index (Phi) is 11.2. The number of ketones is 2. The van der Waals surface area contributed by atoms with Gasteiger partial charge in [0.15, 0.2) is 5.78 Å². The number of alkyl carbamates (subject to hydrolysis) is 1. The van der Waals surface area contributed by atoms with Crippen molar-refractivity contribution in [2.75, 3.05) is 0 Å². The van der Waals surface area contributed by atoms with Gasteiger partial charge in [-0.1, -0.05) is 30.3 Å². The zero-order chi connectivity index (χ0) is 25.0. The van der Waals surface area contributed by atoms with Crippen LogP contribution in [-0.2, 0) is 35.3 Å². The van der Waals surface area contributed by atoms with E-state index in [1.54, 1.807) is 32.9 Å². The van der Waals surface area contributed by atoms with Crippen LogP contribution in [0, 0.1) is 0 Å². The summed E-state index contributed by atoms with van der Waals surface area (Å²) in [5.41, 5.74) is -0.0127. The number of hydrogen-bond donors (Lipinski definition) is 2. The Labute approximate surface area is 194 Å². The molecule has 0 bridgehead atoms. The van der Waals surface area contributed by atoms with Crippen LogP contribution in [0.25, 0.3) is 0 Å². The van der Waals surface area contributed by atoms with Gasteiger partial charge in [0, 0.05) is 12.8 Å². The highest BCUT2D eigenvalue weighted by atomic mass is 16.6. The molecule has 0 saturated carbocycles. The number of benzene rings is 1. The molecule has 0 heterocycles. The number of Topliss-reactive ketones (excluding diaryl/α,β-unsaturated/α-hetero) is 2. The normalized spacial score (nSPS) is 12.8. The van der Waals surface area contributed by atoms with E-state index in [1.165, 1.54) is 13.8 Å². The minimum absolute atomic E-state index is 0.0185. The van der Waals surface area contributed by atoms with Gasteiger partial charge in [0.1, 0.15) is 24.0 Å². The van der Waals surface area contributed by atoms with Crippen molar-refractivity contribution in [2.45, 2.75) is 84.6 Å². The first-order valence-corrected chi connectivity index (χ1v) is 10.9. The lowest BCUT2D eigenvalue weighted by atomic mass is 10.1. The Morgan fingerprint density at radius 3 is 2.03 bits per heavy atom. The Bertz CT molecular complexity index is 831. The third-order valence-electron chi connectivity index (χ3n) is 4.47. The molecule has 182 valence electrons. The average Bonchev–Trinajstić information content (AvgIpc) is 2.71. The van der Waals surface area contributed by atoms with Crippen molar-refractivity contribution >= 4 is 29.5 Å². The molecule has 9 heteroatoms. The highest BCUT2D eigenvalue weighted by molar-refractivity contribution is 5.88. The number of nitrogens with one attached hydrogen (secondary N) is 2.